The molecule has 0 atom stereocenters. The third-order valence-electron chi connectivity index (χ3n) is 5.77. The molecule has 0 aliphatic rings. The topological polar surface area (TPSA) is 23.9 Å². The summed E-state index contributed by atoms with van der Waals surface area (Å²) in [5.41, 5.74) is 8.02. The van der Waals surface area contributed by atoms with Crippen LogP contribution >= 0.6 is 0 Å². The van der Waals surface area contributed by atoms with Crippen LogP contribution in [0, 0.1) is 5.41 Å². The smallest absolute Gasteiger partial charge is 0.00239 e. The minimum absolute atomic E-state index is 0.735. The highest BCUT2D eigenvalue weighted by atomic mass is 14.3. The van der Waals surface area contributed by atoms with Crippen LogP contribution in [0.2, 0.25) is 0 Å². The Bertz CT molecular complexity index is 1210. The predicted octanol–water partition coefficient (Wildman–Crippen LogP) is 9.13. The summed E-state index contributed by atoms with van der Waals surface area (Å²) in [7, 11) is 0. The Morgan fingerprint density at radius 3 is 2.09 bits per heavy atom. The summed E-state index contributed by atoms with van der Waals surface area (Å²) >= 11 is 0. The lowest BCUT2D eigenvalue weighted by atomic mass is 9.82. The van der Waals surface area contributed by atoms with Crippen molar-refractivity contribution in [3.05, 3.63) is 115 Å². The lowest BCUT2D eigenvalue weighted by molar-refractivity contribution is 1.11. The zero-order chi connectivity index (χ0) is 22.9. The van der Waals surface area contributed by atoms with Gasteiger partial charge >= 0.3 is 0 Å². The SMILES string of the molecule is C=C/C(CC)=C(/C=C\CCC=N)c1c(C=C)c(C=C)c(-c2ccccc2)c2ccccc12. The van der Waals surface area contributed by atoms with Crippen molar-refractivity contribution < 1.29 is 0 Å². The normalized spacial score (nSPS) is 11.9. The van der Waals surface area contributed by atoms with E-state index in [1.165, 1.54) is 33.7 Å². The molecule has 32 heavy (non-hydrogen) atoms. The number of allylic oxidation sites excluding steroid dienone is 5. The molecule has 1 N–H and O–H groups in total. The number of hydrogen-bond acceptors (Lipinski definition) is 1. The van der Waals surface area contributed by atoms with E-state index in [1.54, 1.807) is 0 Å². The zero-order valence-electron chi connectivity index (χ0n) is 18.9. The molecular weight excluding hydrogens is 386 g/mol. The highest BCUT2D eigenvalue weighted by Crippen LogP contribution is 2.42. The van der Waals surface area contributed by atoms with E-state index in [4.69, 9.17) is 5.41 Å². The molecule has 0 fully saturated rings. The van der Waals surface area contributed by atoms with Crippen LogP contribution in [0.3, 0.4) is 0 Å². The zero-order valence-corrected chi connectivity index (χ0v) is 18.9. The Hall–Kier alpha value is -3.71. The van der Waals surface area contributed by atoms with E-state index in [2.05, 4.69) is 87.3 Å². The minimum Gasteiger partial charge on any atom is -0.313 e. The lowest BCUT2D eigenvalue weighted by Gasteiger charge is -2.22. The summed E-state index contributed by atoms with van der Waals surface area (Å²) in [6.45, 7) is 14.6. The van der Waals surface area contributed by atoms with Gasteiger partial charge in [0.25, 0.3) is 0 Å². The van der Waals surface area contributed by atoms with Gasteiger partial charge in [0.15, 0.2) is 0 Å². The van der Waals surface area contributed by atoms with Crippen molar-refractivity contribution in [3.63, 3.8) is 0 Å². The average molecular weight is 418 g/mol. The van der Waals surface area contributed by atoms with Crippen LogP contribution in [0.15, 0.2) is 98.1 Å². The fourth-order valence-electron chi connectivity index (χ4n) is 4.29. The summed E-state index contributed by atoms with van der Waals surface area (Å²) < 4.78 is 0. The van der Waals surface area contributed by atoms with Gasteiger partial charge < -0.3 is 5.41 Å². The number of unbranched alkanes of at least 4 members (excludes halogenated alkanes) is 1. The molecule has 3 aromatic carbocycles. The van der Waals surface area contributed by atoms with Crippen LogP contribution in [-0.4, -0.2) is 6.21 Å². The second-order valence-electron chi connectivity index (χ2n) is 7.58. The van der Waals surface area contributed by atoms with E-state index in [9.17, 15) is 0 Å². The molecule has 1 heteroatoms. The molecule has 160 valence electrons. The van der Waals surface area contributed by atoms with E-state index in [0.29, 0.717) is 0 Å². The maximum atomic E-state index is 7.33. The van der Waals surface area contributed by atoms with E-state index < -0.39 is 0 Å². The first-order valence-electron chi connectivity index (χ1n) is 11.1. The molecule has 0 spiro atoms. The Kier molecular flexibility index (Phi) is 7.94. The van der Waals surface area contributed by atoms with Gasteiger partial charge in [-0.1, -0.05) is 112 Å². The van der Waals surface area contributed by atoms with Crippen molar-refractivity contribution in [2.24, 2.45) is 0 Å². The molecule has 0 bridgehead atoms. The third-order valence-corrected chi connectivity index (χ3v) is 5.77. The maximum Gasteiger partial charge on any atom is -0.00239 e. The van der Waals surface area contributed by atoms with Crippen LogP contribution < -0.4 is 0 Å². The number of hydrogen-bond donors (Lipinski definition) is 1. The van der Waals surface area contributed by atoms with E-state index in [1.807, 2.05) is 24.3 Å². The van der Waals surface area contributed by atoms with Gasteiger partial charge in [-0.3, -0.25) is 0 Å². The molecular formula is C31H31N. The first-order valence-corrected chi connectivity index (χ1v) is 11.1. The fraction of sp³-hybridized carbons (Fsp3) is 0.129. The Morgan fingerprint density at radius 2 is 1.50 bits per heavy atom. The van der Waals surface area contributed by atoms with E-state index >= 15 is 0 Å². The largest absolute Gasteiger partial charge is 0.313 e. The van der Waals surface area contributed by atoms with Crippen LogP contribution in [0.25, 0.3) is 39.6 Å². The monoisotopic (exact) mass is 417 g/mol. The first-order chi connectivity index (χ1) is 15.7. The molecule has 0 amide bonds. The number of fused-ring (bicyclic) bond motifs is 1. The van der Waals surface area contributed by atoms with Crippen molar-refractivity contribution >= 4 is 34.7 Å². The Balaban J connectivity index is 2.49. The Labute approximate surface area is 192 Å². The standard InChI is InChI=1S/C31H31N/c1-5-23(6-2)27(19-13-10-16-22-32)31-26(8-4)25(7-3)30(24-17-11-9-12-18-24)28-20-14-15-21-29(28)31/h5,7-9,11-15,17-22,32H,1,3-4,6,10,16H2,2H3/b19-13-,27-23+,32-22?. The van der Waals surface area contributed by atoms with Crippen molar-refractivity contribution in [2.45, 2.75) is 26.2 Å². The summed E-state index contributed by atoms with van der Waals surface area (Å²) in [6, 6.07) is 19.1. The van der Waals surface area contributed by atoms with Gasteiger partial charge in [-0.25, -0.2) is 0 Å². The molecule has 0 saturated heterocycles. The summed E-state index contributed by atoms with van der Waals surface area (Å²) in [5, 5.41) is 9.71. The predicted molar refractivity (Wildman–Crippen MR) is 144 cm³/mol. The second kappa shape index (κ2) is 11.1. The van der Waals surface area contributed by atoms with Crippen LogP contribution in [0.5, 0.6) is 0 Å². The molecule has 0 aromatic heterocycles. The highest BCUT2D eigenvalue weighted by molar-refractivity contribution is 6.10. The van der Waals surface area contributed by atoms with E-state index in [-0.39, 0.29) is 0 Å². The van der Waals surface area contributed by atoms with Gasteiger partial charge in [0.05, 0.1) is 0 Å². The average Bonchev–Trinajstić information content (AvgIpc) is 2.85. The molecule has 0 heterocycles. The van der Waals surface area contributed by atoms with Crippen molar-refractivity contribution in [2.75, 3.05) is 0 Å². The van der Waals surface area contributed by atoms with Gasteiger partial charge in [-0.2, -0.15) is 0 Å². The molecule has 0 radical (unpaired) electrons. The summed E-state index contributed by atoms with van der Waals surface area (Å²) in [5.74, 6) is 0. The molecule has 0 unspecified atom stereocenters. The van der Waals surface area contributed by atoms with Crippen LogP contribution in [-0.2, 0) is 0 Å². The molecule has 3 aromatic rings. The van der Waals surface area contributed by atoms with Gasteiger partial charge in [-0.15, -0.1) is 0 Å². The number of benzene rings is 3. The fourth-order valence-corrected chi connectivity index (χ4v) is 4.29. The van der Waals surface area contributed by atoms with Crippen LogP contribution in [0.4, 0.5) is 0 Å². The second-order valence-corrected chi connectivity index (χ2v) is 7.58. The lowest BCUT2D eigenvalue weighted by Crippen LogP contribution is -1.99. The molecule has 0 aliphatic carbocycles. The van der Waals surface area contributed by atoms with Crippen molar-refractivity contribution in [1.29, 1.82) is 5.41 Å². The summed E-state index contributed by atoms with van der Waals surface area (Å²) in [4.78, 5) is 0. The van der Waals surface area contributed by atoms with Gasteiger partial charge in [0.2, 0.25) is 0 Å². The molecule has 0 aliphatic heterocycles. The van der Waals surface area contributed by atoms with Crippen LogP contribution in [0.1, 0.15) is 42.9 Å². The minimum atomic E-state index is 0.735. The maximum absolute atomic E-state index is 7.33. The molecule has 1 nitrogen and oxygen atoms in total. The van der Waals surface area contributed by atoms with Gasteiger partial charge in [0, 0.05) is 0 Å². The third kappa shape index (κ3) is 4.48. The summed E-state index contributed by atoms with van der Waals surface area (Å²) in [6.07, 6.45) is 14.1. The first kappa shape index (κ1) is 23.0. The number of rotatable bonds is 10. The van der Waals surface area contributed by atoms with Crippen molar-refractivity contribution in [1.82, 2.24) is 0 Å². The van der Waals surface area contributed by atoms with Crippen molar-refractivity contribution in [3.8, 4) is 11.1 Å². The molecule has 0 saturated carbocycles. The van der Waals surface area contributed by atoms with E-state index in [0.717, 1.165) is 41.5 Å². The quantitative estimate of drug-likeness (QED) is 0.193. The highest BCUT2D eigenvalue weighted by Gasteiger charge is 2.19. The van der Waals surface area contributed by atoms with Gasteiger partial charge in [-0.05, 0) is 75.2 Å². The number of nitrogens with one attached hydrogen (secondary N) is 1. The van der Waals surface area contributed by atoms with Gasteiger partial charge in [0.1, 0.15) is 0 Å². The Morgan fingerprint density at radius 1 is 0.844 bits per heavy atom. The molecule has 3 rings (SSSR count).